The molecule has 18 heavy (non-hydrogen) atoms. The molecule has 0 aliphatic carbocycles. The summed E-state index contributed by atoms with van der Waals surface area (Å²) in [6, 6.07) is 5.64. The van der Waals surface area contributed by atoms with Crippen LogP contribution in [0.4, 0.5) is 5.69 Å². The number of nitro benzene ring substituents is 1. The summed E-state index contributed by atoms with van der Waals surface area (Å²) in [5, 5.41) is 14.2. The number of nitrogens with zero attached hydrogens (tertiary/aromatic N) is 1. The zero-order valence-corrected chi connectivity index (χ0v) is 11.9. The highest BCUT2D eigenvalue weighted by Gasteiger charge is 2.13. The lowest BCUT2D eigenvalue weighted by atomic mass is 10.1. The van der Waals surface area contributed by atoms with Crippen LogP contribution in [-0.2, 0) is 6.54 Å². The quantitative estimate of drug-likeness (QED) is 0.609. The van der Waals surface area contributed by atoms with Crippen LogP contribution in [0.2, 0.25) is 0 Å². The molecule has 1 aromatic rings. The van der Waals surface area contributed by atoms with Crippen LogP contribution in [0.25, 0.3) is 0 Å². The first kappa shape index (κ1) is 15.0. The van der Waals surface area contributed by atoms with E-state index in [9.17, 15) is 10.1 Å². The Hall–Kier alpha value is -1.07. The molecule has 0 fully saturated rings. The van der Waals surface area contributed by atoms with E-state index in [1.165, 1.54) is 0 Å². The van der Waals surface area contributed by atoms with Crippen molar-refractivity contribution in [2.45, 2.75) is 33.4 Å². The average molecular weight is 268 g/mol. The molecule has 0 spiro atoms. The molecule has 5 heteroatoms. The Balaban J connectivity index is 2.62. The van der Waals surface area contributed by atoms with Crippen molar-refractivity contribution in [3.05, 3.63) is 39.4 Å². The summed E-state index contributed by atoms with van der Waals surface area (Å²) in [7, 11) is 0. The molecule has 1 rings (SSSR count). The van der Waals surface area contributed by atoms with Crippen molar-refractivity contribution in [2.24, 2.45) is 0 Å². The molecule has 0 saturated heterocycles. The van der Waals surface area contributed by atoms with Crippen LogP contribution in [0.1, 0.15) is 25.0 Å². The van der Waals surface area contributed by atoms with Gasteiger partial charge in [0.05, 0.1) is 4.92 Å². The van der Waals surface area contributed by atoms with Crippen LogP contribution < -0.4 is 5.32 Å². The lowest BCUT2D eigenvalue weighted by Crippen LogP contribution is -2.28. The van der Waals surface area contributed by atoms with Crippen LogP contribution >= 0.6 is 11.8 Å². The molecule has 0 aliphatic heterocycles. The zero-order valence-electron chi connectivity index (χ0n) is 11.1. The van der Waals surface area contributed by atoms with Gasteiger partial charge in [0.1, 0.15) is 0 Å². The maximum atomic E-state index is 10.8. The highest BCUT2D eigenvalue weighted by atomic mass is 32.2. The molecule has 0 aliphatic rings. The maximum absolute atomic E-state index is 10.8. The van der Waals surface area contributed by atoms with Gasteiger partial charge in [-0.05, 0) is 25.2 Å². The van der Waals surface area contributed by atoms with Gasteiger partial charge in [-0.25, -0.2) is 0 Å². The van der Waals surface area contributed by atoms with Gasteiger partial charge in [0.15, 0.2) is 0 Å². The molecule has 0 amide bonds. The number of benzene rings is 1. The smallest absolute Gasteiger partial charge is 0.272 e. The monoisotopic (exact) mass is 268 g/mol. The number of nitrogens with one attached hydrogen (secondary N) is 1. The highest BCUT2D eigenvalue weighted by molar-refractivity contribution is 7.99. The third-order valence-corrected chi connectivity index (χ3v) is 3.97. The van der Waals surface area contributed by atoms with Crippen molar-refractivity contribution < 1.29 is 4.92 Å². The normalized spacial score (nSPS) is 12.4. The molecular formula is C13H20N2O2S. The van der Waals surface area contributed by atoms with Crippen molar-refractivity contribution in [1.82, 2.24) is 5.32 Å². The van der Waals surface area contributed by atoms with Crippen molar-refractivity contribution in [1.29, 1.82) is 0 Å². The van der Waals surface area contributed by atoms with Crippen LogP contribution in [0.15, 0.2) is 18.2 Å². The van der Waals surface area contributed by atoms with Crippen LogP contribution in [0.5, 0.6) is 0 Å². The van der Waals surface area contributed by atoms with E-state index in [2.05, 4.69) is 19.2 Å². The molecular weight excluding hydrogens is 248 g/mol. The summed E-state index contributed by atoms with van der Waals surface area (Å²) in [5.41, 5.74) is 1.95. The number of hydrogen-bond donors (Lipinski definition) is 1. The van der Waals surface area contributed by atoms with Crippen molar-refractivity contribution in [2.75, 3.05) is 11.5 Å². The third-order valence-electron chi connectivity index (χ3n) is 2.83. The number of nitro groups is 1. The fourth-order valence-corrected chi connectivity index (χ4v) is 2.40. The topological polar surface area (TPSA) is 55.2 Å². The van der Waals surface area contributed by atoms with E-state index in [1.54, 1.807) is 19.1 Å². The maximum Gasteiger partial charge on any atom is 0.272 e. The summed E-state index contributed by atoms with van der Waals surface area (Å²) in [6.07, 6.45) is 0. The van der Waals surface area contributed by atoms with Gasteiger partial charge in [0.2, 0.25) is 0 Å². The summed E-state index contributed by atoms with van der Waals surface area (Å²) in [4.78, 5) is 10.5. The SMILES string of the molecule is CCSCC(C)NCc1cccc([N+](=O)[O-])c1C. The van der Waals surface area contributed by atoms with E-state index < -0.39 is 0 Å². The Bertz CT molecular complexity index is 410. The highest BCUT2D eigenvalue weighted by Crippen LogP contribution is 2.21. The lowest BCUT2D eigenvalue weighted by Gasteiger charge is -2.14. The fraction of sp³-hybridized carbons (Fsp3) is 0.538. The van der Waals surface area contributed by atoms with Gasteiger partial charge >= 0.3 is 0 Å². The third kappa shape index (κ3) is 4.31. The summed E-state index contributed by atoms with van der Waals surface area (Å²) in [5.74, 6) is 2.17. The summed E-state index contributed by atoms with van der Waals surface area (Å²) >= 11 is 1.89. The van der Waals surface area contributed by atoms with E-state index in [1.807, 2.05) is 17.8 Å². The molecule has 4 nitrogen and oxygen atoms in total. The Morgan fingerprint density at radius 2 is 2.22 bits per heavy atom. The van der Waals surface area contributed by atoms with E-state index >= 15 is 0 Å². The molecule has 0 radical (unpaired) electrons. The lowest BCUT2D eigenvalue weighted by molar-refractivity contribution is -0.385. The largest absolute Gasteiger partial charge is 0.309 e. The predicted molar refractivity (Wildman–Crippen MR) is 77.1 cm³/mol. The van der Waals surface area contributed by atoms with Gasteiger partial charge in [0.25, 0.3) is 5.69 Å². The van der Waals surface area contributed by atoms with Crippen molar-refractivity contribution >= 4 is 17.4 Å². The molecule has 0 aromatic heterocycles. The first-order valence-corrected chi connectivity index (χ1v) is 7.25. The van der Waals surface area contributed by atoms with Crippen LogP contribution in [0, 0.1) is 17.0 Å². The molecule has 1 atom stereocenters. The minimum atomic E-state index is -0.324. The van der Waals surface area contributed by atoms with Gasteiger partial charge in [0, 0.05) is 30.0 Å². The second-order valence-corrected chi connectivity index (χ2v) is 5.58. The van der Waals surface area contributed by atoms with Crippen molar-refractivity contribution in [3.63, 3.8) is 0 Å². The predicted octanol–water partition coefficient (Wildman–Crippen LogP) is 3.13. The molecule has 1 unspecified atom stereocenters. The molecule has 0 heterocycles. The molecule has 0 saturated carbocycles. The minimum absolute atomic E-state index is 0.199. The average Bonchev–Trinajstić information content (AvgIpc) is 2.34. The second kappa shape index (κ2) is 7.38. The van der Waals surface area contributed by atoms with Crippen LogP contribution in [0.3, 0.4) is 0 Å². The number of thioether (sulfide) groups is 1. The Kier molecular flexibility index (Phi) is 6.15. The van der Waals surface area contributed by atoms with Gasteiger partial charge < -0.3 is 5.32 Å². The van der Waals surface area contributed by atoms with Gasteiger partial charge in [-0.2, -0.15) is 11.8 Å². The molecule has 1 aromatic carbocycles. The second-order valence-electron chi connectivity index (χ2n) is 4.26. The molecule has 1 N–H and O–H groups in total. The van der Waals surface area contributed by atoms with E-state index in [0.29, 0.717) is 12.6 Å². The molecule has 0 bridgehead atoms. The van der Waals surface area contributed by atoms with E-state index in [0.717, 1.165) is 22.6 Å². The van der Waals surface area contributed by atoms with Gasteiger partial charge in [-0.1, -0.05) is 19.1 Å². The standard InChI is InChI=1S/C13H20N2O2S/c1-4-18-9-10(2)14-8-12-6-5-7-13(11(12)3)15(16)17/h5-7,10,14H,4,8-9H2,1-3H3. The zero-order chi connectivity index (χ0) is 13.5. The Morgan fingerprint density at radius 3 is 2.83 bits per heavy atom. The number of rotatable bonds is 7. The van der Waals surface area contributed by atoms with Gasteiger partial charge in [-0.3, -0.25) is 10.1 Å². The molecule has 100 valence electrons. The first-order valence-electron chi connectivity index (χ1n) is 6.10. The minimum Gasteiger partial charge on any atom is -0.309 e. The van der Waals surface area contributed by atoms with E-state index in [4.69, 9.17) is 0 Å². The summed E-state index contributed by atoms with van der Waals surface area (Å²) in [6.45, 7) is 6.76. The van der Waals surface area contributed by atoms with Crippen molar-refractivity contribution in [3.8, 4) is 0 Å². The summed E-state index contributed by atoms with van der Waals surface area (Å²) < 4.78 is 0. The first-order chi connectivity index (χ1) is 8.56. The Morgan fingerprint density at radius 1 is 1.50 bits per heavy atom. The number of hydrogen-bond acceptors (Lipinski definition) is 4. The fourth-order valence-electron chi connectivity index (χ4n) is 1.70. The van der Waals surface area contributed by atoms with E-state index in [-0.39, 0.29) is 10.6 Å². The van der Waals surface area contributed by atoms with Gasteiger partial charge in [-0.15, -0.1) is 0 Å². The Labute approximate surface area is 112 Å². The van der Waals surface area contributed by atoms with Crippen LogP contribution in [-0.4, -0.2) is 22.5 Å².